The number of ether oxygens (including phenoxy) is 1. The number of likely N-dealkylation sites (tertiary alicyclic amines) is 1. The second-order valence-electron chi connectivity index (χ2n) is 4.73. The van der Waals surface area contributed by atoms with Gasteiger partial charge in [-0.2, -0.15) is 0 Å². The zero-order valence-electron chi connectivity index (χ0n) is 10.7. The number of nitrogens with zero attached hydrogens (tertiary/aromatic N) is 1. The van der Waals surface area contributed by atoms with Gasteiger partial charge in [0.25, 0.3) is 0 Å². The summed E-state index contributed by atoms with van der Waals surface area (Å²) < 4.78 is 5.43. The van der Waals surface area contributed by atoms with Gasteiger partial charge in [0.15, 0.2) is 0 Å². The lowest BCUT2D eigenvalue weighted by Gasteiger charge is -2.27. The maximum absolute atomic E-state index is 5.43. The van der Waals surface area contributed by atoms with Crippen LogP contribution in [0.4, 0.5) is 0 Å². The van der Waals surface area contributed by atoms with Crippen molar-refractivity contribution in [2.45, 2.75) is 64.5 Å². The number of unbranched alkanes of at least 4 members (excludes halogenated alkanes) is 1. The molecule has 0 spiro atoms. The first-order valence-corrected chi connectivity index (χ1v) is 6.58. The molecular formula is C13H27NO. The topological polar surface area (TPSA) is 12.5 Å². The Morgan fingerprint density at radius 1 is 1.27 bits per heavy atom. The molecule has 0 amide bonds. The van der Waals surface area contributed by atoms with Crippen molar-refractivity contribution in [2.24, 2.45) is 0 Å². The van der Waals surface area contributed by atoms with Crippen molar-refractivity contribution >= 4 is 0 Å². The minimum absolute atomic E-state index is 0.492. The van der Waals surface area contributed by atoms with Crippen molar-refractivity contribution in [1.82, 2.24) is 4.90 Å². The van der Waals surface area contributed by atoms with Gasteiger partial charge in [-0.1, -0.05) is 33.1 Å². The summed E-state index contributed by atoms with van der Waals surface area (Å²) in [5.74, 6) is 0. The smallest absolute Gasteiger partial charge is 0.0710 e. The standard InChI is InChI=1S/C13H27NO/c1-4-6-8-12(7-5-2)14-10-9-13(11-14)15-3/h12-13H,4-11H2,1-3H3/t12-,13-/m1/s1. The van der Waals surface area contributed by atoms with Crippen molar-refractivity contribution in [3.63, 3.8) is 0 Å². The van der Waals surface area contributed by atoms with Crippen molar-refractivity contribution in [1.29, 1.82) is 0 Å². The molecule has 15 heavy (non-hydrogen) atoms. The Kier molecular flexibility index (Phi) is 6.26. The predicted octanol–water partition coefficient (Wildman–Crippen LogP) is 3.07. The molecule has 2 atom stereocenters. The van der Waals surface area contributed by atoms with Crippen molar-refractivity contribution in [3.05, 3.63) is 0 Å². The molecule has 0 bridgehead atoms. The molecule has 1 aliphatic rings. The van der Waals surface area contributed by atoms with Gasteiger partial charge in [0.05, 0.1) is 6.10 Å². The third kappa shape index (κ3) is 4.12. The van der Waals surface area contributed by atoms with Crippen LogP contribution in [0.5, 0.6) is 0 Å². The first kappa shape index (κ1) is 13.0. The van der Waals surface area contributed by atoms with Crippen LogP contribution in [0.15, 0.2) is 0 Å². The van der Waals surface area contributed by atoms with E-state index in [1.54, 1.807) is 0 Å². The van der Waals surface area contributed by atoms with Crippen LogP contribution in [0.1, 0.15) is 52.4 Å². The molecule has 0 saturated carbocycles. The second-order valence-corrected chi connectivity index (χ2v) is 4.73. The Labute approximate surface area is 95.0 Å². The summed E-state index contributed by atoms with van der Waals surface area (Å²) in [5.41, 5.74) is 0. The van der Waals surface area contributed by atoms with Gasteiger partial charge in [0.2, 0.25) is 0 Å². The monoisotopic (exact) mass is 213 g/mol. The summed E-state index contributed by atoms with van der Waals surface area (Å²) in [6, 6.07) is 0.815. The molecule has 2 nitrogen and oxygen atoms in total. The molecule has 0 aromatic heterocycles. The predicted molar refractivity (Wildman–Crippen MR) is 65.2 cm³/mol. The zero-order chi connectivity index (χ0) is 11.1. The molecular weight excluding hydrogens is 186 g/mol. The van der Waals surface area contributed by atoms with E-state index in [0.29, 0.717) is 6.10 Å². The molecule has 0 aromatic carbocycles. The molecule has 2 heteroatoms. The first-order valence-electron chi connectivity index (χ1n) is 6.58. The summed E-state index contributed by atoms with van der Waals surface area (Å²) in [6.07, 6.45) is 8.45. The number of hydrogen-bond acceptors (Lipinski definition) is 2. The number of rotatable bonds is 7. The highest BCUT2D eigenvalue weighted by Gasteiger charge is 2.26. The molecule has 0 unspecified atom stereocenters. The van der Waals surface area contributed by atoms with E-state index in [-0.39, 0.29) is 0 Å². The van der Waals surface area contributed by atoms with E-state index in [1.165, 1.54) is 45.1 Å². The van der Waals surface area contributed by atoms with Crippen molar-refractivity contribution in [2.75, 3.05) is 20.2 Å². The summed E-state index contributed by atoms with van der Waals surface area (Å²) in [5, 5.41) is 0. The Morgan fingerprint density at radius 3 is 2.60 bits per heavy atom. The van der Waals surface area contributed by atoms with Gasteiger partial charge in [-0.3, -0.25) is 4.90 Å². The quantitative estimate of drug-likeness (QED) is 0.644. The fourth-order valence-corrected chi connectivity index (χ4v) is 2.56. The van der Waals surface area contributed by atoms with Gasteiger partial charge in [-0.25, -0.2) is 0 Å². The highest BCUT2D eigenvalue weighted by atomic mass is 16.5. The lowest BCUT2D eigenvalue weighted by atomic mass is 10.0. The summed E-state index contributed by atoms with van der Waals surface area (Å²) in [7, 11) is 1.84. The molecule has 0 radical (unpaired) electrons. The fraction of sp³-hybridized carbons (Fsp3) is 1.00. The fourth-order valence-electron chi connectivity index (χ4n) is 2.56. The molecule has 1 saturated heterocycles. The van der Waals surface area contributed by atoms with Gasteiger partial charge in [0, 0.05) is 26.2 Å². The summed E-state index contributed by atoms with van der Waals surface area (Å²) >= 11 is 0. The van der Waals surface area contributed by atoms with E-state index < -0.39 is 0 Å². The minimum Gasteiger partial charge on any atom is -0.380 e. The van der Waals surface area contributed by atoms with Crippen LogP contribution in [0, 0.1) is 0 Å². The van der Waals surface area contributed by atoms with Crippen LogP contribution in [0.3, 0.4) is 0 Å². The normalized spacial score (nSPS) is 24.6. The molecule has 0 aromatic rings. The van der Waals surface area contributed by atoms with Crippen LogP contribution >= 0.6 is 0 Å². The van der Waals surface area contributed by atoms with Crippen molar-refractivity contribution in [3.8, 4) is 0 Å². The maximum Gasteiger partial charge on any atom is 0.0710 e. The Balaban J connectivity index is 2.34. The van der Waals surface area contributed by atoms with Crippen LogP contribution in [0.25, 0.3) is 0 Å². The Bertz CT molecular complexity index is 161. The maximum atomic E-state index is 5.43. The zero-order valence-corrected chi connectivity index (χ0v) is 10.7. The summed E-state index contributed by atoms with van der Waals surface area (Å²) in [6.45, 7) is 6.98. The molecule has 90 valence electrons. The van der Waals surface area contributed by atoms with Crippen LogP contribution in [-0.4, -0.2) is 37.2 Å². The molecule has 1 heterocycles. The van der Waals surface area contributed by atoms with Gasteiger partial charge in [-0.05, 0) is 19.3 Å². The third-order valence-corrected chi connectivity index (χ3v) is 3.54. The molecule has 0 N–H and O–H groups in total. The first-order chi connectivity index (χ1) is 7.31. The third-order valence-electron chi connectivity index (χ3n) is 3.54. The van der Waals surface area contributed by atoms with E-state index in [9.17, 15) is 0 Å². The molecule has 0 aliphatic carbocycles. The van der Waals surface area contributed by atoms with E-state index in [1.807, 2.05) is 7.11 Å². The number of hydrogen-bond donors (Lipinski definition) is 0. The average Bonchev–Trinajstić information content (AvgIpc) is 2.72. The largest absolute Gasteiger partial charge is 0.380 e. The van der Waals surface area contributed by atoms with E-state index in [4.69, 9.17) is 4.74 Å². The van der Waals surface area contributed by atoms with Gasteiger partial charge < -0.3 is 4.74 Å². The van der Waals surface area contributed by atoms with Crippen LogP contribution in [0.2, 0.25) is 0 Å². The minimum atomic E-state index is 0.492. The van der Waals surface area contributed by atoms with Gasteiger partial charge >= 0.3 is 0 Å². The van der Waals surface area contributed by atoms with Gasteiger partial charge in [0.1, 0.15) is 0 Å². The van der Waals surface area contributed by atoms with Crippen LogP contribution in [-0.2, 0) is 4.74 Å². The Morgan fingerprint density at radius 2 is 2.07 bits per heavy atom. The highest BCUT2D eigenvalue weighted by Crippen LogP contribution is 2.21. The molecule has 1 fully saturated rings. The molecule has 1 aliphatic heterocycles. The van der Waals surface area contributed by atoms with E-state index in [2.05, 4.69) is 18.7 Å². The lowest BCUT2D eigenvalue weighted by Crippen LogP contribution is -2.34. The SMILES string of the molecule is CCCC[C@@H](CCC)N1CC[C@@H](OC)C1. The molecule has 1 rings (SSSR count). The van der Waals surface area contributed by atoms with E-state index >= 15 is 0 Å². The van der Waals surface area contributed by atoms with Crippen molar-refractivity contribution < 1.29 is 4.74 Å². The lowest BCUT2D eigenvalue weighted by molar-refractivity contribution is 0.0981. The average molecular weight is 213 g/mol. The number of methoxy groups -OCH3 is 1. The van der Waals surface area contributed by atoms with Crippen LogP contribution < -0.4 is 0 Å². The second kappa shape index (κ2) is 7.24. The van der Waals surface area contributed by atoms with Gasteiger partial charge in [-0.15, -0.1) is 0 Å². The summed E-state index contributed by atoms with van der Waals surface area (Å²) in [4.78, 5) is 2.65. The van der Waals surface area contributed by atoms with E-state index in [0.717, 1.165) is 12.6 Å². The highest BCUT2D eigenvalue weighted by molar-refractivity contribution is 4.81. The Hall–Kier alpha value is -0.0800.